The van der Waals surface area contributed by atoms with Gasteiger partial charge in [-0.3, -0.25) is 24.7 Å². The molecule has 1 unspecified atom stereocenters. The average Bonchev–Trinajstić information content (AvgIpc) is 2.48. The number of carbonyl (C=O) groups is 2. The molecule has 0 saturated carbocycles. The molecule has 0 aromatic heterocycles. The number of nitro groups is 1. The van der Waals surface area contributed by atoms with Crippen LogP contribution < -0.4 is 0 Å². The highest BCUT2D eigenvalue weighted by Crippen LogP contribution is 2.28. The quantitative estimate of drug-likeness (QED) is 0.367. The lowest BCUT2D eigenvalue weighted by Crippen LogP contribution is -2.30. The van der Waals surface area contributed by atoms with E-state index in [2.05, 4.69) is 4.99 Å². The van der Waals surface area contributed by atoms with Crippen LogP contribution >= 0.6 is 0 Å². The second kappa shape index (κ2) is 6.30. The molecule has 2 rings (SSSR count). The van der Waals surface area contributed by atoms with Crippen LogP contribution in [0.1, 0.15) is 19.4 Å². The molecule has 1 aliphatic rings. The Bertz CT molecular complexity index is 688. The summed E-state index contributed by atoms with van der Waals surface area (Å²) in [5, 5.41) is 10.7. The molecular weight excluding hydrogens is 288 g/mol. The van der Waals surface area contributed by atoms with Crippen LogP contribution in [0.5, 0.6) is 0 Å². The van der Waals surface area contributed by atoms with E-state index < -0.39 is 22.6 Å². The fraction of sp³-hybridized carbons (Fsp3) is 0.267. The molecule has 0 spiro atoms. The van der Waals surface area contributed by atoms with E-state index in [-0.39, 0.29) is 17.9 Å². The van der Waals surface area contributed by atoms with Gasteiger partial charge in [0, 0.05) is 29.6 Å². The summed E-state index contributed by atoms with van der Waals surface area (Å²) in [6.45, 7) is 3.47. The highest BCUT2D eigenvalue weighted by molar-refractivity contribution is 6.33. The highest BCUT2D eigenvalue weighted by Gasteiger charge is 2.33. The molecule has 7 heteroatoms. The number of ether oxygens (including phenoxy) is 1. The molecule has 0 aliphatic carbocycles. The molecule has 0 saturated heterocycles. The topological polar surface area (TPSA) is 98.9 Å². The third kappa shape index (κ3) is 2.93. The maximum atomic E-state index is 12.5. The third-order valence-electron chi connectivity index (χ3n) is 3.22. The Hall–Kier alpha value is -2.83. The fourth-order valence-electron chi connectivity index (χ4n) is 2.15. The Morgan fingerprint density at radius 2 is 2.00 bits per heavy atom. The zero-order chi connectivity index (χ0) is 16.3. The predicted molar refractivity (Wildman–Crippen MR) is 79.3 cm³/mol. The van der Waals surface area contributed by atoms with Gasteiger partial charge in [0.2, 0.25) is 0 Å². The van der Waals surface area contributed by atoms with Crippen molar-refractivity contribution in [3.8, 4) is 0 Å². The van der Waals surface area contributed by atoms with E-state index in [0.29, 0.717) is 11.3 Å². The molecular formula is C15H14N2O5. The average molecular weight is 302 g/mol. The molecule has 0 N–H and O–H groups in total. The van der Waals surface area contributed by atoms with Gasteiger partial charge in [-0.15, -0.1) is 0 Å². The van der Waals surface area contributed by atoms with Crippen molar-refractivity contribution in [2.24, 2.45) is 10.9 Å². The summed E-state index contributed by atoms with van der Waals surface area (Å²) in [6.07, 6.45) is 1.27. The van der Waals surface area contributed by atoms with Gasteiger partial charge in [0.1, 0.15) is 0 Å². The van der Waals surface area contributed by atoms with Crippen molar-refractivity contribution in [1.82, 2.24) is 0 Å². The van der Waals surface area contributed by atoms with E-state index in [1.807, 2.05) is 0 Å². The first-order valence-corrected chi connectivity index (χ1v) is 6.66. The first-order chi connectivity index (χ1) is 10.5. The van der Waals surface area contributed by atoms with Crippen LogP contribution in [0.15, 0.2) is 35.0 Å². The minimum absolute atomic E-state index is 0.0734. The lowest BCUT2D eigenvalue weighted by molar-refractivity contribution is -0.384. The number of Topliss-reactive ketones (excluding diaryl/α,β-unsaturated/α-hetero) is 1. The normalized spacial score (nSPS) is 17.5. The molecule has 1 atom stereocenters. The molecule has 1 aromatic rings. The number of hydrogen-bond donors (Lipinski definition) is 0. The Labute approximate surface area is 126 Å². The van der Waals surface area contributed by atoms with Crippen LogP contribution in [0.4, 0.5) is 5.69 Å². The number of aliphatic imine (C=N–C) groups is 1. The van der Waals surface area contributed by atoms with Gasteiger partial charge in [-0.2, -0.15) is 0 Å². The molecule has 0 amide bonds. The number of non-ortho nitro benzene ring substituents is 1. The third-order valence-corrected chi connectivity index (χ3v) is 3.22. The monoisotopic (exact) mass is 302 g/mol. The molecule has 0 radical (unpaired) electrons. The second-order valence-corrected chi connectivity index (χ2v) is 4.64. The van der Waals surface area contributed by atoms with Crippen molar-refractivity contribution in [2.75, 3.05) is 6.61 Å². The van der Waals surface area contributed by atoms with Crippen LogP contribution in [0.3, 0.4) is 0 Å². The summed E-state index contributed by atoms with van der Waals surface area (Å²) < 4.78 is 4.86. The number of hydrogen-bond acceptors (Lipinski definition) is 6. The van der Waals surface area contributed by atoms with Crippen molar-refractivity contribution in [1.29, 1.82) is 0 Å². The maximum Gasteiger partial charge on any atom is 0.322 e. The number of ketones is 1. The summed E-state index contributed by atoms with van der Waals surface area (Å²) in [5.41, 5.74) is 1.14. The van der Waals surface area contributed by atoms with Gasteiger partial charge in [-0.1, -0.05) is 0 Å². The van der Waals surface area contributed by atoms with Crippen molar-refractivity contribution < 1.29 is 19.2 Å². The Morgan fingerprint density at radius 3 is 2.55 bits per heavy atom. The van der Waals surface area contributed by atoms with Gasteiger partial charge in [-0.25, -0.2) is 0 Å². The van der Waals surface area contributed by atoms with Crippen molar-refractivity contribution in [3.05, 3.63) is 45.6 Å². The number of rotatable bonds is 4. The number of allylic oxidation sites excluding steroid dienone is 2. The van der Waals surface area contributed by atoms with Crippen molar-refractivity contribution >= 4 is 29.2 Å². The van der Waals surface area contributed by atoms with Crippen molar-refractivity contribution in [2.45, 2.75) is 13.8 Å². The maximum absolute atomic E-state index is 12.5. The summed E-state index contributed by atoms with van der Waals surface area (Å²) in [7, 11) is 0. The van der Waals surface area contributed by atoms with E-state index in [0.717, 1.165) is 0 Å². The molecule has 0 fully saturated rings. The number of carbonyl (C=O) groups excluding carboxylic acids is 2. The molecule has 1 aliphatic heterocycles. The van der Waals surface area contributed by atoms with Gasteiger partial charge >= 0.3 is 5.97 Å². The van der Waals surface area contributed by atoms with Crippen LogP contribution in [0.25, 0.3) is 5.57 Å². The Kier molecular flexibility index (Phi) is 4.45. The Morgan fingerprint density at radius 1 is 1.36 bits per heavy atom. The standard InChI is InChI=1S/C15H14N2O5/c1-3-22-15(19)12-8-16-9(2)13(14(12)18)10-4-6-11(7-5-10)17(20)21/h4-8,12H,3H2,1-2H3. The number of benzene rings is 1. The highest BCUT2D eigenvalue weighted by atomic mass is 16.6. The second-order valence-electron chi connectivity index (χ2n) is 4.64. The van der Waals surface area contributed by atoms with E-state index in [1.165, 1.54) is 30.5 Å². The van der Waals surface area contributed by atoms with Gasteiger partial charge in [0.25, 0.3) is 5.69 Å². The Balaban J connectivity index is 2.36. The molecule has 1 aromatic carbocycles. The summed E-state index contributed by atoms with van der Waals surface area (Å²) in [5.74, 6) is -2.14. The fourth-order valence-corrected chi connectivity index (χ4v) is 2.15. The largest absolute Gasteiger partial charge is 0.465 e. The van der Waals surface area contributed by atoms with Gasteiger partial charge in [0.05, 0.1) is 11.5 Å². The van der Waals surface area contributed by atoms with Crippen LogP contribution in [-0.2, 0) is 14.3 Å². The lowest BCUT2D eigenvalue weighted by atomic mass is 9.90. The van der Waals surface area contributed by atoms with E-state index >= 15 is 0 Å². The summed E-state index contributed by atoms with van der Waals surface area (Å²) >= 11 is 0. The molecule has 0 bridgehead atoms. The van der Waals surface area contributed by atoms with E-state index in [9.17, 15) is 19.7 Å². The zero-order valence-corrected chi connectivity index (χ0v) is 12.1. The molecule has 114 valence electrons. The number of nitro benzene ring substituents is 1. The van der Waals surface area contributed by atoms with Gasteiger partial charge in [-0.05, 0) is 31.5 Å². The van der Waals surface area contributed by atoms with Crippen LogP contribution in [-0.4, -0.2) is 29.5 Å². The first kappa shape index (κ1) is 15.6. The minimum Gasteiger partial charge on any atom is -0.465 e. The molecule has 1 heterocycles. The molecule has 22 heavy (non-hydrogen) atoms. The van der Waals surface area contributed by atoms with Crippen molar-refractivity contribution in [3.63, 3.8) is 0 Å². The SMILES string of the molecule is CCOC(=O)C1C=NC(C)=C(c2ccc([N+](=O)[O-])cc2)C1=O. The first-order valence-electron chi connectivity index (χ1n) is 6.66. The van der Waals surface area contributed by atoms with Gasteiger partial charge < -0.3 is 4.74 Å². The van der Waals surface area contributed by atoms with E-state index in [4.69, 9.17) is 4.74 Å². The lowest BCUT2D eigenvalue weighted by Gasteiger charge is -2.18. The summed E-state index contributed by atoms with van der Waals surface area (Å²) in [4.78, 5) is 38.5. The zero-order valence-electron chi connectivity index (χ0n) is 12.1. The van der Waals surface area contributed by atoms with Crippen LogP contribution in [0, 0.1) is 16.0 Å². The predicted octanol–water partition coefficient (Wildman–Crippen LogP) is 2.16. The molecule has 7 nitrogen and oxygen atoms in total. The van der Waals surface area contributed by atoms with E-state index in [1.54, 1.807) is 13.8 Å². The minimum atomic E-state index is -1.08. The van der Waals surface area contributed by atoms with Gasteiger partial charge in [0.15, 0.2) is 11.7 Å². The number of esters is 1. The smallest absolute Gasteiger partial charge is 0.322 e. The van der Waals surface area contributed by atoms with Crippen LogP contribution in [0.2, 0.25) is 0 Å². The number of nitrogens with zero attached hydrogens (tertiary/aromatic N) is 2. The summed E-state index contributed by atoms with van der Waals surface area (Å²) in [6, 6.07) is 5.55.